The van der Waals surface area contributed by atoms with Crippen LogP contribution in [0.2, 0.25) is 5.02 Å². The number of halogens is 1. The van der Waals surface area contributed by atoms with Crippen molar-refractivity contribution in [2.24, 2.45) is 0 Å². The number of nitrogens with one attached hydrogen (secondary N) is 2. The van der Waals surface area contributed by atoms with Gasteiger partial charge in [0.2, 0.25) is 11.7 Å². The van der Waals surface area contributed by atoms with Gasteiger partial charge >= 0.3 is 6.03 Å². The summed E-state index contributed by atoms with van der Waals surface area (Å²) in [5.74, 6) is 1.13. The van der Waals surface area contributed by atoms with Gasteiger partial charge in [0.05, 0.1) is 6.04 Å². The van der Waals surface area contributed by atoms with E-state index in [4.69, 9.17) is 16.1 Å². The Labute approximate surface area is 174 Å². The number of hydrogen-bond acceptors (Lipinski definition) is 5. The molecule has 0 bridgehead atoms. The normalized spacial score (nSPS) is 19.3. The summed E-state index contributed by atoms with van der Waals surface area (Å²) in [6, 6.07) is 14.7. The third kappa shape index (κ3) is 4.58. The quantitative estimate of drug-likeness (QED) is 0.670. The highest BCUT2D eigenvalue weighted by Gasteiger charge is 2.35. The van der Waals surface area contributed by atoms with Crippen molar-refractivity contribution in [2.45, 2.75) is 25.4 Å². The predicted octanol–water partition coefficient (Wildman–Crippen LogP) is 4.27. The first-order valence-corrected chi connectivity index (χ1v) is 9.80. The molecule has 2 amide bonds. The molecule has 0 aliphatic carbocycles. The molecule has 4 rings (SSSR count). The van der Waals surface area contributed by atoms with Crippen LogP contribution in [0.4, 0.5) is 10.5 Å². The van der Waals surface area contributed by atoms with Gasteiger partial charge in [-0.2, -0.15) is 4.98 Å². The van der Waals surface area contributed by atoms with E-state index in [0.29, 0.717) is 35.4 Å². The second-order valence-corrected chi connectivity index (χ2v) is 7.75. The monoisotopic (exact) mass is 411 g/mol. The standard InChI is InChI=1S/C21H22ClN5O2/c1-13-3-5-14(6-4-13)19-25-20(29-26-19)18-11-17(12-27(18)2)24-21(28)23-16-9-7-15(22)8-10-16/h3-10,17-18H,11-12H2,1-2H3,(H2,23,24,28). The summed E-state index contributed by atoms with van der Waals surface area (Å²) < 4.78 is 5.52. The highest BCUT2D eigenvalue weighted by molar-refractivity contribution is 6.30. The van der Waals surface area contributed by atoms with Crippen molar-refractivity contribution in [3.63, 3.8) is 0 Å². The summed E-state index contributed by atoms with van der Waals surface area (Å²) in [5.41, 5.74) is 2.79. The summed E-state index contributed by atoms with van der Waals surface area (Å²) in [6.45, 7) is 2.73. The van der Waals surface area contributed by atoms with E-state index in [-0.39, 0.29) is 18.1 Å². The van der Waals surface area contributed by atoms with Crippen LogP contribution in [0.15, 0.2) is 53.1 Å². The number of aromatic nitrogens is 2. The summed E-state index contributed by atoms with van der Waals surface area (Å²) in [5, 5.41) is 10.6. The maximum atomic E-state index is 12.3. The second-order valence-electron chi connectivity index (χ2n) is 7.32. The van der Waals surface area contributed by atoms with E-state index in [2.05, 4.69) is 25.7 Å². The third-order valence-electron chi connectivity index (χ3n) is 5.02. The van der Waals surface area contributed by atoms with Gasteiger partial charge in [0.25, 0.3) is 0 Å². The van der Waals surface area contributed by atoms with Crippen LogP contribution in [0.25, 0.3) is 11.4 Å². The zero-order chi connectivity index (χ0) is 20.4. The number of urea groups is 1. The Morgan fingerprint density at radius 3 is 2.62 bits per heavy atom. The molecule has 2 atom stereocenters. The van der Waals surface area contributed by atoms with Crippen molar-refractivity contribution in [3.05, 3.63) is 65.0 Å². The number of hydrogen-bond donors (Lipinski definition) is 2. The van der Waals surface area contributed by atoms with Crippen LogP contribution in [0.1, 0.15) is 23.9 Å². The maximum Gasteiger partial charge on any atom is 0.319 e. The lowest BCUT2D eigenvalue weighted by molar-refractivity contribution is 0.243. The lowest BCUT2D eigenvalue weighted by atomic mass is 10.1. The maximum absolute atomic E-state index is 12.3. The van der Waals surface area contributed by atoms with E-state index >= 15 is 0 Å². The van der Waals surface area contributed by atoms with Crippen molar-refractivity contribution < 1.29 is 9.32 Å². The van der Waals surface area contributed by atoms with Crippen molar-refractivity contribution in [3.8, 4) is 11.4 Å². The van der Waals surface area contributed by atoms with Crippen molar-refractivity contribution in [1.29, 1.82) is 0 Å². The molecule has 8 heteroatoms. The molecule has 2 unspecified atom stereocenters. The predicted molar refractivity (Wildman–Crippen MR) is 112 cm³/mol. The number of amides is 2. The highest BCUT2D eigenvalue weighted by atomic mass is 35.5. The number of nitrogens with zero attached hydrogens (tertiary/aromatic N) is 3. The summed E-state index contributed by atoms with van der Waals surface area (Å²) >= 11 is 5.87. The topological polar surface area (TPSA) is 83.3 Å². The van der Waals surface area contributed by atoms with Gasteiger partial charge in [-0.05, 0) is 44.7 Å². The largest absolute Gasteiger partial charge is 0.337 e. The molecule has 150 valence electrons. The molecule has 1 aliphatic heterocycles. The smallest absolute Gasteiger partial charge is 0.319 e. The number of rotatable bonds is 4. The van der Waals surface area contributed by atoms with Crippen LogP contribution in [-0.4, -0.2) is 40.7 Å². The molecule has 0 spiro atoms. The number of anilines is 1. The third-order valence-corrected chi connectivity index (χ3v) is 5.27. The fourth-order valence-electron chi connectivity index (χ4n) is 3.47. The van der Waals surface area contributed by atoms with Gasteiger partial charge in [0, 0.05) is 28.9 Å². The van der Waals surface area contributed by atoms with Gasteiger partial charge in [-0.15, -0.1) is 0 Å². The fraction of sp³-hybridized carbons (Fsp3) is 0.286. The number of benzene rings is 2. The van der Waals surface area contributed by atoms with Gasteiger partial charge in [-0.3, -0.25) is 4.90 Å². The molecule has 2 N–H and O–H groups in total. The fourth-order valence-corrected chi connectivity index (χ4v) is 3.59. The minimum atomic E-state index is -0.253. The molecule has 1 aliphatic rings. The molecule has 1 saturated heterocycles. The Kier molecular flexibility index (Phi) is 5.51. The van der Waals surface area contributed by atoms with Crippen molar-refractivity contribution in [2.75, 3.05) is 18.9 Å². The van der Waals surface area contributed by atoms with E-state index in [1.165, 1.54) is 5.56 Å². The van der Waals surface area contributed by atoms with Crippen LogP contribution in [0, 0.1) is 6.92 Å². The molecule has 2 aromatic carbocycles. The Morgan fingerprint density at radius 2 is 1.90 bits per heavy atom. The molecule has 29 heavy (non-hydrogen) atoms. The number of likely N-dealkylation sites (N-methyl/N-ethyl adjacent to an activating group) is 1. The van der Waals surface area contributed by atoms with Gasteiger partial charge in [0.1, 0.15) is 0 Å². The Balaban J connectivity index is 1.38. The number of carbonyl (C=O) groups excluding carboxylic acids is 1. The minimum Gasteiger partial charge on any atom is -0.337 e. The van der Waals surface area contributed by atoms with Crippen molar-refractivity contribution in [1.82, 2.24) is 20.4 Å². The van der Waals surface area contributed by atoms with Crippen LogP contribution in [-0.2, 0) is 0 Å². The molecule has 1 fully saturated rings. The van der Waals surface area contributed by atoms with Crippen LogP contribution < -0.4 is 10.6 Å². The number of carbonyl (C=O) groups is 1. The lowest BCUT2D eigenvalue weighted by Gasteiger charge is -2.14. The zero-order valence-corrected chi connectivity index (χ0v) is 17.0. The summed E-state index contributed by atoms with van der Waals surface area (Å²) in [6.07, 6.45) is 0.695. The first-order chi connectivity index (χ1) is 14.0. The zero-order valence-electron chi connectivity index (χ0n) is 16.2. The SMILES string of the molecule is Cc1ccc(-c2noc(C3CC(NC(=O)Nc4ccc(Cl)cc4)CN3C)n2)cc1. The number of aryl methyl sites for hydroxylation is 1. The summed E-state index contributed by atoms with van der Waals surface area (Å²) in [7, 11) is 1.99. The van der Waals surface area contributed by atoms with Crippen LogP contribution in [0.5, 0.6) is 0 Å². The molecular weight excluding hydrogens is 390 g/mol. The van der Waals surface area contributed by atoms with Gasteiger partial charge in [-0.1, -0.05) is 46.6 Å². The second kappa shape index (κ2) is 8.23. The van der Waals surface area contributed by atoms with Gasteiger partial charge in [-0.25, -0.2) is 4.79 Å². The summed E-state index contributed by atoms with van der Waals surface area (Å²) in [4.78, 5) is 19.0. The first-order valence-electron chi connectivity index (χ1n) is 9.42. The van der Waals surface area contributed by atoms with Crippen LogP contribution >= 0.6 is 11.6 Å². The van der Waals surface area contributed by atoms with Crippen LogP contribution in [0.3, 0.4) is 0 Å². The first kappa shape index (κ1) is 19.4. The molecule has 0 saturated carbocycles. The molecule has 3 aromatic rings. The number of likely N-dealkylation sites (tertiary alicyclic amines) is 1. The van der Waals surface area contributed by atoms with E-state index < -0.39 is 0 Å². The average molecular weight is 412 g/mol. The Morgan fingerprint density at radius 1 is 1.17 bits per heavy atom. The van der Waals surface area contributed by atoms with Gasteiger partial charge in [0.15, 0.2) is 0 Å². The molecule has 1 aromatic heterocycles. The molecular formula is C21H22ClN5O2. The molecule has 7 nitrogen and oxygen atoms in total. The van der Waals surface area contributed by atoms with Crippen molar-refractivity contribution >= 4 is 23.3 Å². The molecule has 0 radical (unpaired) electrons. The molecule has 2 heterocycles. The van der Waals surface area contributed by atoms with E-state index in [1.54, 1.807) is 24.3 Å². The van der Waals surface area contributed by atoms with Gasteiger partial charge < -0.3 is 15.2 Å². The Bertz CT molecular complexity index is 987. The van der Waals surface area contributed by atoms with E-state index in [1.807, 2.05) is 38.2 Å². The van der Waals surface area contributed by atoms with E-state index in [0.717, 1.165) is 5.56 Å². The lowest BCUT2D eigenvalue weighted by Crippen LogP contribution is -2.39. The average Bonchev–Trinajstić information content (AvgIpc) is 3.31. The highest BCUT2D eigenvalue weighted by Crippen LogP contribution is 2.31. The van der Waals surface area contributed by atoms with E-state index in [9.17, 15) is 4.79 Å². The Hall–Kier alpha value is -2.90. The minimum absolute atomic E-state index is 0.0213.